The summed E-state index contributed by atoms with van der Waals surface area (Å²) in [5, 5.41) is 3.08. The third kappa shape index (κ3) is 5.08. The lowest BCUT2D eigenvalue weighted by atomic mass is 10.0. The van der Waals surface area contributed by atoms with Gasteiger partial charge in [0.05, 0.1) is 13.2 Å². The standard InChI is InChI=1S/C25H26N2O4S2/c1-27(17-18-8-4-3-5-9-18)33(29,30)24-16-19(12-13-22(24)31-2)25(28)26-21-14-15-32-23-11-7-6-10-20(21)23/h3-13,16,21H,14-15,17H2,1-2H3,(H,26,28). The Morgan fingerprint density at radius 3 is 2.58 bits per heavy atom. The van der Waals surface area contributed by atoms with Crippen molar-refractivity contribution in [2.24, 2.45) is 0 Å². The first-order valence-corrected chi connectivity index (χ1v) is 13.0. The number of benzene rings is 3. The van der Waals surface area contributed by atoms with Crippen LogP contribution in [0, 0.1) is 0 Å². The summed E-state index contributed by atoms with van der Waals surface area (Å²) in [6, 6.07) is 21.8. The SMILES string of the molecule is COc1ccc(C(=O)NC2CCSc3ccccc32)cc1S(=O)(=O)N(C)Cc1ccccc1. The van der Waals surface area contributed by atoms with Gasteiger partial charge in [-0.3, -0.25) is 4.79 Å². The highest BCUT2D eigenvalue weighted by atomic mass is 32.2. The maximum absolute atomic E-state index is 13.4. The zero-order valence-electron chi connectivity index (χ0n) is 18.5. The van der Waals surface area contributed by atoms with Crippen LogP contribution in [0.1, 0.15) is 33.9 Å². The van der Waals surface area contributed by atoms with Crippen molar-refractivity contribution in [1.29, 1.82) is 0 Å². The van der Waals surface area contributed by atoms with Gasteiger partial charge in [-0.1, -0.05) is 48.5 Å². The van der Waals surface area contributed by atoms with Crippen molar-refractivity contribution < 1.29 is 17.9 Å². The second kappa shape index (κ2) is 9.99. The van der Waals surface area contributed by atoms with Crippen molar-refractivity contribution in [3.8, 4) is 5.75 Å². The highest BCUT2D eigenvalue weighted by Gasteiger charge is 2.28. The number of amides is 1. The zero-order chi connectivity index (χ0) is 23.4. The smallest absolute Gasteiger partial charge is 0.251 e. The molecule has 3 aromatic carbocycles. The van der Waals surface area contributed by atoms with Crippen LogP contribution < -0.4 is 10.1 Å². The lowest BCUT2D eigenvalue weighted by Gasteiger charge is -2.26. The summed E-state index contributed by atoms with van der Waals surface area (Å²) in [5.41, 5.74) is 2.23. The molecule has 1 unspecified atom stereocenters. The van der Waals surface area contributed by atoms with Crippen LogP contribution in [0.3, 0.4) is 0 Å². The monoisotopic (exact) mass is 482 g/mol. The Morgan fingerprint density at radius 2 is 1.82 bits per heavy atom. The van der Waals surface area contributed by atoms with Crippen molar-refractivity contribution in [1.82, 2.24) is 9.62 Å². The van der Waals surface area contributed by atoms with Crippen molar-refractivity contribution >= 4 is 27.7 Å². The minimum Gasteiger partial charge on any atom is -0.495 e. The molecule has 1 atom stereocenters. The van der Waals surface area contributed by atoms with Crippen LogP contribution in [0.25, 0.3) is 0 Å². The molecule has 0 bridgehead atoms. The number of sulfonamides is 1. The maximum atomic E-state index is 13.4. The molecule has 4 rings (SSSR count). The summed E-state index contributed by atoms with van der Waals surface area (Å²) in [6.07, 6.45) is 0.814. The number of ether oxygens (including phenoxy) is 1. The minimum atomic E-state index is -3.89. The van der Waals surface area contributed by atoms with Gasteiger partial charge < -0.3 is 10.1 Å². The van der Waals surface area contributed by atoms with Crippen LogP contribution in [0.2, 0.25) is 0 Å². The fourth-order valence-electron chi connectivity index (χ4n) is 3.85. The van der Waals surface area contributed by atoms with E-state index < -0.39 is 10.0 Å². The van der Waals surface area contributed by atoms with Gasteiger partial charge in [0.2, 0.25) is 10.0 Å². The van der Waals surface area contributed by atoms with E-state index in [0.29, 0.717) is 0 Å². The number of hydrogen-bond acceptors (Lipinski definition) is 5. The fourth-order valence-corrected chi connectivity index (χ4v) is 6.31. The van der Waals surface area contributed by atoms with E-state index in [1.165, 1.54) is 30.6 Å². The Hall–Kier alpha value is -2.81. The molecule has 0 aromatic heterocycles. The van der Waals surface area contributed by atoms with Gasteiger partial charge >= 0.3 is 0 Å². The van der Waals surface area contributed by atoms with E-state index in [2.05, 4.69) is 11.4 Å². The van der Waals surface area contributed by atoms with E-state index in [9.17, 15) is 13.2 Å². The van der Waals surface area contributed by atoms with E-state index in [0.717, 1.165) is 28.2 Å². The number of fused-ring (bicyclic) bond motifs is 1. The normalized spacial score (nSPS) is 15.7. The Morgan fingerprint density at radius 1 is 1.09 bits per heavy atom. The number of thioether (sulfide) groups is 1. The molecule has 8 heteroatoms. The molecule has 1 aliphatic rings. The van der Waals surface area contributed by atoms with Gasteiger partial charge in [-0.25, -0.2) is 8.42 Å². The number of rotatable bonds is 7. The summed E-state index contributed by atoms with van der Waals surface area (Å²) < 4.78 is 33.3. The number of carbonyl (C=O) groups is 1. The van der Waals surface area contributed by atoms with Crippen LogP contribution in [-0.2, 0) is 16.6 Å². The molecule has 0 spiro atoms. The van der Waals surface area contributed by atoms with Crippen molar-refractivity contribution in [2.45, 2.75) is 28.8 Å². The molecule has 33 heavy (non-hydrogen) atoms. The Kier molecular flexibility index (Phi) is 7.07. The van der Waals surface area contributed by atoms with Crippen LogP contribution in [0.15, 0.2) is 82.6 Å². The molecule has 0 aliphatic carbocycles. The number of carbonyl (C=O) groups excluding carboxylic acids is 1. The fraction of sp³-hybridized carbons (Fsp3) is 0.240. The lowest BCUT2D eigenvalue weighted by Crippen LogP contribution is -2.31. The van der Waals surface area contributed by atoms with Gasteiger partial charge in [0.25, 0.3) is 5.91 Å². The van der Waals surface area contributed by atoms with E-state index in [4.69, 9.17) is 4.74 Å². The summed E-state index contributed by atoms with van der Waals surface area (Å²) in [6.45, 7) is 0.208. The number of methoxy groups -OCH3 is 1. The zero-order valence-corrected chi connectivity index (χ0v) is 20.2. The molecular formula is C25H26N2O4S2. The van der Waals surface area contributed by atoms with Gasteiger partial charge in [0, 0.05) is 29.8 Å². The van der Waals surface area contributed by atoms with E-state index >= 15 is 0 Å². The molecule has 1 aliphatic heterocycles. The van der Waals surface area contributed by atoms with Crippen LogP contribution >= 0.6 is 11.8 Å². The van der Waals surface area contributed by atoms with Gasteiger partial charge in [-0.05, 0) is 41.8 Å². The molecule has 0 saturated heterocycles. The average molecular weight is 483 g/mol. The summed E-state index contributed by atoms with van der Waals surface area (Å²) >= 11 is 1.78. The third-order valence-electron chi connectivity index (χ3n) is 5.63. The topological polar surface area (TPSA) is 75.7 Å². The first-order chi connectivity index (χ1) is 15.9. The van der Waals surface area contributed by atoms with Crippen LogP contribution in [0.4, 0.5) is 0 Å². The third-order valence-corrected chi connectivity index (χ3v) is 8.57. The molecule has 1 amide bonds. The number of hydrogen-bond donors (Lipinski definition) is 1. The summed E-state index contributed by atoms with van der Waals surface area (Å²) in [7, 11) is -0.955. The van der Waals surface area contributed by atoms with Crippen molar-refractivity contribution in [2.75, 3.05) is 19.9 Å². The summed E-state index contributed by atoms with van der Waals surface area (Å²) in [4.78, 5) is 14.2. The van der Waals surface area contributed by atoms with E-state index in [-0.39, 0.29) is 34.7 Å². The maximum Gasteiger partial charge on any atom is 0.251 e. The largest absolute Gasteiger partial charge is 0.495 e. The second-order valence-corrected chi connectivity index (χ2v) is 11.0. The Bertz CT molecular complexity index is 1250. The van der Waals surface area contributed by atoms with Crippen LogP contribution in [-0.4, -0.2) is 38.5 Å². The predicted molar refractivity (Wildman–Crippen MR) is 130 cm³/mol. The Labute approximate surface area is 199 Å². The molecule has 172 valence electrons. The molecule has 6 nitrogen and oxygen atoms in total. The highest BCUT2D eigenvalue weighted by molar-refractivity contribution is 7.99. The molecule has 1 heterocycles. The first kappa shape index (κ1) is 23.4. The lowest BCUT2D eigenvalue weighted by molar-refractivity contribution is 0.0934. The van der Waals surface area contributed by atoms with E-state index in [1.807, 2.05) is 48.5 Å². The van der Waals surface area contributed by atoms with Crippen LogP contribution in [0.5, 0.6) is 5.75 Å². The molecule has 1 N–H and O–H groups in total. The summed E-state index contributed by atoms with van der Waals surface area (Å²) in [5.74, 6) is 0.798. The van der Waals surface area contributed by atoms with Crippen molar-refractivity contribution in [3.05, 3.63) is 89.5 Å². The first-order valence-electron chi connectivity index (χ1n) is 10.6. The van der Waals surface area contributed by atoms with Gasteiger partial charge in [0.1, 0.15) is 10.6 Å². The van der Waals surface area contributed by atoms with E-state index in [1.54, 1.807) is 17.8 Å². The minimum absolute atomic E-state index is 0.0318. The van der Waals surface area contributed by atoms with Gasteiger partial charge in [-0.2, -0.15) is 4.31 Å². The Balaban J connectivity index is 1.59. The highest BCUT2D eigenvalue weighted by Crippen LogP contribution is 2.36. The molecule has 0 saturated carbocycles. The number of nitrogens with one attached hydrogen (secondary N) is 1. The van der Waals surface area contributed by atoms with Gasteiger partial charge in [-0.15, -0.1) is 11.8 Å². The predicted octanol–water partition coefficient (Wildman–Crippen LogP) is 4.48. The molecule has 0 radical (unpaired) electrons. The number of nitrogens with zero attached hydrogens (tertiary/aromatic N) is 1. The van der Waals surface area contributed by atoms with Gasteiger partial charge in [0.15, 0.2) is 0 Å². The van der Waals surface area contributed by atoms with Crippen molar-refractivity contribution in [3.63, 3.8) is 0 Å². The molecular weight excluding hydrogens is 456 g/mol. The molecule has 0 fully saturated rings. The average Bonchev–Trinajstić information content (AvgIpc) is 2.84. The molecule has 3 aromatic rings. The quantitative estimate of drug-likeness (QED) is 0.537. The second-order valence-electron chi connectivity index (χ2n) is 7.81.